The number of anilines is 1. The molecule has 0 aliphatic carbocycles. The predicted octanol–water partition coefficient (Wildman–Crippen LogP) is 3.32. The topological polar surface area (TPSA) is 57.6 Å². The first-order valence-electron chi connectivity index (χ1n) is 6.32. The first-order chi connectivity index (χ1) is 10.5. The highest BCUT2D eigenvalue weighted by Gasteiger charge is 2.40. The number of carbonyl (C=O) groups is 2. The molecule has 0 atom stereocenters. The maximum absolute atomic E-state index is 13.3. The van der Waals surface area contributed by atoms with E-state index in [-0.39, 0.29) is 11.3 Å². The Bertz CT molecular complexity index is 814. The number of carbonyl (C=O) groups excluding carboxylic acids is 2. The second-order valence-corrected chi connectivity index (χ2v) is 5.09. The molecule has 2 aromatic rings. The van der Waals surface area contributed by atoms with Crippen molar-refractivity contribution in [2.75, 3.05) is 4.90 Å². The van der Waals surface area contributed by atoms with Gasteiger partial charge >= 0.3 is 5.91 Å². The molecule has 110 valence electrons. The van der Waals surface area contributed by atoms with Crippen molar-refractivity contribution in [1.82, 2.24) is 0 Å². The number of hydrogen-bond donors (Lipinski definition) is 1. The zero-order valence-corrected chi connectivity index (χ0v) is 11.8. The molecule has 3 rings (SSSR count). The van der Waals surface area contributed by atoms with Crippen LogP contribution in [0.3, 0.4) is 0 Å². The fourth-order valence-corrected chi connectivity index (χ4v) is 2.37. The van der Waals surface area contributed by atoms with Crippen LogP contribution in [0.15, 0.2) is 54.3 Å². The summed E-state index contributed by atoms with van der Waals surface area (Å²) in [5, 5.41) is 10.5. The summed E-state index contributed by atoms with van der Waals surface area (Å²) in [6.45, 7) is 0. The molecule has 0 unspecified atom stereocenters. The van der Waals surface area contributed by atoms with Crippen molar-refractivity contribution in [1.29, 1.82) is 0 Å². The number of nitrogens with zero attached hydrogens (tertiary/aromatic N) is 1. The Balaban J connectivity index is 2.05. The first kappa shape index (κ1) is 14.3. The van der Waals surface area contributed by atoms with Gasteiger partial charge in [0.15, 0.2) is 5.76 Å². The fourth-order valence-electron chi connectivity index (χ4n) is 2.24. The van der Waals surface area contributed by atoms with Gasteiger partial charge in [0.1, 0.15) is 5.82 Å². The Labute approximate surface area is 130 Å². The molecule has 0 bridgehead atoms. The summed E-state index contributed by atoms with van der Waals surface area (Å²) in [6, 6.07) is 11.2. The summed E-state index contributed by atoms with van der Waals surface area (Å²) in [5.74, 6) is -2.86. The van der Waals surface area contributed by atoms with E-state index in [4.69, 9.17) is 11.6 Å². The summed E-state index contributed by atoms with van der Waals surface area (Å²) >= 11 is 5.78. The van der Waals surface area contributed by atoms with Gasteiger partial charge in [0.25, 0.3) is 5.91 Å². The molecule has 0 radical (unpaired) electrons. The number of amides is 2. The number of aliphatic hydroxyl groups is 1. The fraction of sp³-hybridized carbons (Fsp3) is 0. The Morgan fingerprint density at radius 2 is 1.68 bits per heavy atom. The van der Waals surface area contributed by atoms with E-state index < -0.39 is 23.4 Å². The molecule has 22 heavy (non-hydrogen) atoms. The number of aliphatic hydroxyl groups excluding tert-OH is 1. The minimum Gasteiger partial charge on any atom is -0.502 e. The average Bonchev–Trinajstić information content (AvgIpc) is 2.71. The molecule has 1 N–H and O–H groups in total. The van der Waals surface area contributed by atoms with Crippen molar-refractivity contribution in [2.24, 2.45) is 0 Å². The molecule has 2 amide bonds. The van der Waals surface area contributed by atoms with Gasteiger partial charge in [0.05, 0.1) is 11.3 Å². The summed E-state index contributed by atoms with van der Waals surface area (Å²) in [6.07, 6.45) is 0. The van der Waals surface area contributed by atoms with Crippen LogP contribution in [0.5, 0.6) is 0 Å². The monoisotopic (exact) mass is 317 g/mol. The normalized spacial score (nSPS) is 14.9. The standard InChI is InChI=1S/C16H9ClFNO3/c17-10-6-4-9(5-7-10)13-14(20)16(22)19(15(13)21)12-3-1-2-11(18)8-12/h1-8,20H. The molecule has 0 aromatic heterocycles. The van der Waals surface area contributed by atoms with Crippen molar-refractivity contribution in [3.8, 4) is 0 Å². The highest BCUT2D eigenvalue weighted by Crippen LogP contribution is 2.32. The van der Waals surface area contributed by atoms with Gasteiger partial charge < -0.3 is 5.11 Å². The van der Waals surface area contributed by atoms with E-state index in [9.17, 15) is 19.1 Å². The third-order valence-electron chi connectivity index (χ3n) is 3.26. The predicted molar refractivity (Wildman–Crippen MR) is 79.9 cm³/mol. The van der Waals surface area contributed by atoms with E-state index in [0.29, 0.717) is 10.6 Å². The summed E-state index contributed by atoms with van der Waals surface area (Å²) in [5.41, 5.74) is 0.288. The summed E-state index contributed by atoms with van der Waals surface area (Å²) in [7, 11) is 0. The maximum atomic E-state index is 13.3. The molecule has 1 aliphatic rings. The summed E-state index contributed by atoms with van der Waals surface area (Å²) < 4.78 is 13.3. The lowest BCUT2D eigenvalue weighted by atomic mass is 10.1. The smallest absolute Gasteiger partial charge is 0.301 e. The van der Waals surface area contributed by atoms with Gasteiger partial charge in [-0.1, -0.05) is 29.8 Å². The molecule has 0 saturated carbocycles. The average molecular weight is 318 g/mol. The van der Waals surface area contributed by atoms with E-state index in [1.54, 1.807) is 12.1 Å². The largest absolute Gasteiger partial charge is 0.502 e. The molecule has 0 spiro atoms. The van der Waals surface area contributed by atoms with Crippen molar-refractivity contribution in [3.63, 3.8) is 0 Å². The van der Waals surface area contributed by atoms with Crippen LogP contribution in [0.25, 0.3) is 5.57 Å². The van der Waals surface area contributed by atoms with Gasteiger partial charge in [-0.3, -0.25) is 9.59 Å². The quantitative estimate of drug-likeness (QED) is 0.864. The van der Waals surface area contributed by atoms with Crippen molar-refractivity contribution in [2.45, 2.75) is 0 Å². The Hall–Kier alpha value is -2.66. The third kappa shape index (κ3) is 2.25. The zero-order valence-electron chi connectivity index (χ0n) is 11.1. The highest BCUT2D eigenvalue weighted by molar-refractivity contribution is 6.45. The second-order valence-electron chi connectivity index (χ2n) is 4.66. The number of imide groups is 1. The minimum absolute atomic E-state index is 0.0607. The van der Waals surface area contributed by atoms with E-state index >= 15 is 0 Å². The van der Waals surface area contributed by atoms with Crippen molar-refractivity contribution >= 4 is 34.7 Å². The van der Waals surface area contributed by atoms with Crippen LogP contribution >= 0.6 is 11.6 Å². The SMILES string of the molecule is O=C1C(O)=C(c2ccc(Cl)cc2)C(=O)N1c1cccc(F)c1. The molecular weight excluding hydrogens is 309 g/mol. The van der Waals surface area contributed by atoms with E-state index in [1.165, 1.54) is 30.3 Å². The van der Waals surface area contributed by atoms with Gasteiger partial charge in [0, 0.05) is 5.02 Å². The van der Waals surface area contributed by atoms with Gasteiger partial charge in [-0.05, 0) is 35.9 Å². The van der Waals surface area contributed by atoms with Gasteiger partial charge in [-0.2, -0.15) is 0 Å². The second kappa shape index (κ2) is 5.27. The van der Waals surface area contributed by atoms with Crippen LogP contribution < -0.4 is 4.90 Å². The molecular formula is C16H9ClFNO3. The van der Waals surface area contributed by atoms with Crippen LogP contribution in [0.1, 0.15) is 5.56 Å². The maximum Gasteiger partial charge on any atom is 0.301 e. The van der Waals surface area contributed by atoms with Crippen LogP contribution in [-0.4, -0.2) is 16.9 Å². The highest BCUT2D eigenvalue weighted by atomic mass is 35.5. The van der Waals surface area contributed by atoms with Crippen LogP contribution in [0.2, 0.25) is 5.02 Å². The number of halogens is 2. The minimum atomic E-state index is -0.888. The molecule has 0 saturated heterocycles. The lowest BCUT2D eigenvalue weighted by Crippen LogP contribution is -2.31. The number of benzene rings is 2. The molecule has 0 fully saturated rings. The molecule has 4 nitrogen and oxygen atoms in total. The van der Waals surface area contributed by atoms with E-state index in [1.807, 2.05) is 0 Å². The molecule has 2 aromatic carbocycles. The zero-order chi connectivity index (χ0) is 15.9. The lowest BCUT2D eigenvalue weighted by molar-refractivity contribution is -0.121. The Morgan fingerprint density at radius 1 is 1.00 bits per heavy atom. The van der Waals surface area contributed by atoms with E-state index in [0.717, 1.165) is 11.0 Å². The molecule has 6 heteroatoms. The van der Waals surface area contributed by atoms with Gasteiger partial charge in [-0.15, -0.1) is 0 Å². The van der Waals surface area contributed by atoms with Crippen LogP contribution in [0, 0.1) is 5.82 Å². The van der Waals surface area contributed by atoms with Crippen molar-refractivity contribution in [3.05, 3.63) is 70.7 Å². The van der Waals surface area contributed by atoms with E-state index in [2.05, 4.69) is 0 Å². The Kier molecular flexibility index (Phi) is 3.42. The first-order valence-corrected chi connectivity index (χ1v) is 6.70. The van der Waals surface area contributed by atoms with Gasteiger partial charge in [-0.25, -0.2) is 9.29 Å². The third-order valence-corrected chi connectivity index (χ3v) is 3.51. The van der Waals surface area contributed by atoms with Gasteiger partial charge in [0.2, 0.25) is 0 Å². The Morgan fingerprint density at radius 3 is 2.32 bits per heavy atom. The van der Waals surface area contributed by atoms with Crippen LogP contribution in [-0.2, 0) is 9.59 Å². The number of rotatable bonds is 2. The van der Waals surface area contributed by atoms with Crippen molar-refractivity contribution < 1.29 is 19.1 Å². The molecule has 1 heterocycles. The molecule has 1 aliphatic heterocycles. The van der Waals surface area contributed by atoms with Crippen LogP contribution in [0.4, 0.5) is 10.1 Å². The summed E-state index contributed by atoms with van der Waals surface area (Å²) in [4.78, 5) is 25.3. The lowest BCUT2D eigenvalue weighted by Gasteiger charge is -2.14. The number of hydrogen-bond acceptors (Lipinski definition) is 3.